The van der Waals surface area contributed by atoms with Gasteiger partial charge in [-0.15, -0.1) is 0 Å². The maximum Gasteiger partial charge on any atom is 0.308 e. The molecule has 0 bridgehead atoms. The number of hydrogen-bond acceptors (Lipinski definition) is 7. The largest absolute Gasteiger partial charge is 0.550 e. The normalized spacial score (nSPS) is 12.3. The predicted octanol–water partition coefficient (Wildman–Crippen LogP) is 5.30. The molecule has 1 unspecified atom stereocenters. The van der Waals surface area contributed by atoms with E-state index in [1.807, 2.05) is 91.0 Å². The van der Waals surface area contributed by atoms with Crippen molar-refractivity contribution in [2.24, 2.45) is 11.1 Å². The lowest BCUT2D eigenvalue weighted by molar-refractivity contribution is -0.311. The van der Waals surface area contributed by atoms with Crippen LogP contribution in [-0.2, 0) is 24.2 Å². The molecule has 1 atom stereocenters. The van der Waals surface area contributed by atoms with E-state index in [1.165, 1.54) is 5.56 Å². The summed E-state index contributed by atoms with van der Waals surface area (Å²) in [5, 5.41) is 24.9. The fourth-order valence-electron chi connectivity index (χ4n) is 5.07. The van der Waals surface area contributed by atoms with Crippen LogP contribution in [0.1, 0.15) is 35.1 Å². The van der Waals surface area contributed by atoms with Gasteiger partial charge in [-0.1, -0.05) is 95.4 Å². The van der Waals surface area contributed by atoms with Crippen molar-refractivity contribution >= 4 is 33.2 Å². The van der Waals surface area contributed by atoms with Crippen LogP contribution in [0.2, 0.25) is 0 Å². The molecule has 5 aromatic rings. The summed E-state index contributed by atoms with van der Waals surface area (Å²) in [6, 6.07) is 32.4. The van der Waals surface area contributed by atoms with Crippen LogP contribution in [-0.4, -0.2) is 28.1 Å². The number of hydrogen-bond donors (Lipinski definition) is 1. The van der Waals surface area contributed by atoms with Gasteiger partial charge in [0, 0.05) is 23.0 Å². The van der Waals surface area contributed by atoms with Crippen LogP contribution < -0.4 is 14.7 Å². The summed E-state index contributed by atoms with van der Waals surface area (Å²) in [5.41, 5.74) is 4.84. The van der Waals surface area contributed by atoms with Gasteiger partial charge in [0.2, 0.25) is 0 Å². The van der Waals surface area contributed by atoms with Crippen LogP contribution >= 0.6 is 11.3 Å². The third-order valence-electron chi connectivity index (χ3n) is 7.27. The Bertz CT molecular complexity index is 1710. The molecule has 0 aliphatic carbocycles. The Morgan fingerprint density at radius 1 is 0.905 bits per heavy atom. The molecule has 4 aromatic carbocycles. The van der Waals surface area contributed by atoms with Gasteiger partial charge in [-0.25, -0.2) is 0 Å². The number of nitrogens with zero attached hydrogens (tertiary/aromatic N) is 2. The Hall–Kier alpha value is -4.69. The summed E-state index contributed by atoms with van der Waals surface area (Å²) in [6.45, 7) is 0.662. The van der Waals surface area contributed by atoms with Crippen molar-refractivity contribution in [3.05, 3.63) is 135 Å². The fourth-order valence-corrected chi connectivity index (χ4v) is 6.02. The quantitative estimate of drug-likeness (QED) is 0.116. The van der Waals surface area contributed by atoms with Gasteiger partial charge in [-0.3, -0.25) is 9.36 Å². The van der Waals surface area contributed by atoms with E-state index in [1.54, 1.807) is 4.57 Å². The van der Waals surface area contributed by atoms with Gasteiger partial charge in [0.05, 0.1) is 16.8 Å². The van der Waals surface area contributed by atoms with E-state index >= 15 is 0 Å². The van der Waals surface area contributed by atoms with Crippen LogP contribution in [0.5, 0.6) is 5.75 Å². The molecule has 0 amide bonds. The minimum absolute atomic E-state index is 0.0936. The minimum Gasteiger partial charge on any atom is -0.550 e. The van der Waals surface area contributed by atoms with Gasteiger partial charge in [-0.2, -0.15) is 0 Å². The molecule has 0 saturated carbocycles. The molecule has 214 valence electrons. The van der Waals surface area contributed by atoms with Crippen LogP contribution in [0.4, 0.5) is 0 Å². The Labute approximate surface area is 248 Å². The summed E-state index contributed by atoms with van der Waals surface area (Å²) in [4.78, 5) is 24.4. The van der Waals surface area contributed by atoms with E-state index in [0.29, 0.717) is 37.5 Å². The van der Waals surface area contributed by atoms with Gasteiger partial charge in [0.1, 0.15) is 18.1 Å². The van der Waals surface area contributed by atoms with Crippen molar-refractivity contribution in [3.63, 3.8) is 0 Å². The highest BCUT2D eigenvalue weighted by atomic mass is 32.1. The molecule has 0 aliphatic heterocycles. The van der Waals surface area contributed by atoms with Gasteiger partial charge in [0.15, 0.2) is 0 Å². The maximum atomic E-state index is 12.8. The first-order valence-electron chi connectivity index (χ1n) is 13.9. The zero-order valence-electron chi connectivity index (χ0n) is 23.0. The number of carboxylic acids is 1. The van der Waals surface area contributed by atoms with E-state index < -0.39 is 11.9 Å². The van der Waals surface area contributed by atoms with Gasteiger partial charge in [-0.05, 0) is 61.1 Å². The SMILES string of the molecule is O=C([O-])C(CCCc1ccccc1)Cc1ccc(OCCn2c(=O)sc3cc(/C(=N/O)c4ccccc4)ccc32)cc1. The smallest absolute Gasteiger partial charge is 0.308 e. The zero-order chi connectivity index (χ0) is 29.3. The number of ether oxygens (including phenoxy) is 1. The number of aryl methyl sites for hydroxylation is 1. The third kappa shape index (κ3) is 7.14. The molecule has 1 N–H and O–H groups in total. The fraction of sp³-hybridized carbons (Fsp3) is 0.206. The molecule has 1 heterocycles. The molecule has 7 nitrogen and oxygen atoms in total. The molecule has 8 heteroatoms. The Morgan fingerprint density at radius 3 is 2.31 bits per heavy atom. The number of aliphatic carboxylic acids is 1. The molecular formula is C34H31N2O5S-. The molecule has 0 saturated heterocycles. The lowest BCUT2D eigenvalue weighted by Gasteiger charge is -2.18. The van der Waals surface area contributed by atoms with E-state index in [-0.39, 0.29) is 4.87 Å². The Balaban J connectivity index is 1.16. The van der Waals surface area contributed by atoms with Crippen molar-refractivity contribution in [3.8, 4) is 5.75 Å². The number of oxime groups is 1. The maximum absolute atomic E-state index is 12.8. The zero-order valence-corrected chi connectivity index (χ0v) is 23.8. The second-order valence-corrected chi connectivity index (χ2v) is 11.1. The van der Waals surface area contributed by atoms with E-state index in [4.69, 9.17) is 4.74 Å². The lowest BCUT2D eigenvalue weighted by Crippen LogP contribution is -2.32. The Morgan fingerprint density at radius 2 is 1.62 bits per heavy atom. The monoisotopic (exact) mass is 579 g/mol. The molecular weight excluding hydrogens is 548 g/mol. The van der Waals surface area contributed by atoms with Crippen LogP contribution in [0.3, 0.4) is 0 Å². The number of benzene rings is 4. The van der Waals surface area contributed by atoms with E-state index in [0.717, 1.165) is 51.1 Å². The standard InChI is InChI=1S/C34H32N2O5S/c37-33(38)28(13-7-10-24-8-3-1-4-9-24)22-25-14-17-29(18-15-25)41-21-20-36-30-19-16-27(23-31(30)42-34(36)39)32(35-40)26-11-5-2-6-12-26/h1-6,8-9,11-12,14-19,23,28,40H,7,10,13,20-22H2,(H,37,38)/p-1/b35-32+. The molecule has 5 rings (SSSR count). The number of carbonyl (C=O) groups excluding carboxylic acids is 1. The highest BCUT2D eigenvalue weighted by Gasteiger charge is 2.14. The minimum atomic E-state index is -1.02. The van der Waals surface area contributed by atoms with Crippen LogP contribution in [0.15, 0.2) is 113 Å². The number of aromatic nitrogens is 1. The molecule has 1 aromatic heterocycles. The topological polar surface area (TPSA) is 104 Å². The number of carboxylic acid groups (broad SMARTS) is 1. The number of thiazole rings is 1. The van der Waals surface area contributed by atoms with Crippen LogP contribution in [0, 0.1) is 5.92 Å². The number of carbonyl (C=O) groups is 1. The number of fused-ring (bicyclic) bond motifs is 1. The first-order chi connectivity index (χ1) is 20.5. The summed E-state index contributed by atoms with van der Waals surface area (Å²) >= 11 is 1.14. The number of rotatable bonds is 13. The predicted molar refractivity (Wildman–Crippen MR) is 163 cm³/mol. The van der Waals surface area contributed by atoms with E-state index in [2.05, 4.69) is 17.3 Å². The summed E-state index contributed by atoms with van der Waals surface area (Å²) in [5.74, 6) is -0.926. The van der Waals surface area contributed by atoms with Gasteiger partial charge >= 0.3 is 4.87 Å². The first-order valence-corrected chi connectivity index (χ1v) is 14.7. The highest BCUT2D eigenvalue weighted by Crippen LogP contribution is 2.22. The summed E-state index contributed by atoms with van der Waals surface area (Å²) in [6.07, 6.45) is 2.58. The molecule has 42 heavy (non-hydrogen) atoms. The third-order valence-corrected chi connectivity index (χ3v) is 8.21. The molecule has 0 spiro atoms. The summed E-state index contributed by atoms with van der Waals surface area (Å²) < 4.78 is 8.38. The van der Waals surface area contributed by atoms with Crippen LogP contribution in [0.25, 0.3) is 10.2 Å². The highest BCUT2D eigenvalue weighted by molar-refractivity contribution is 7.16. The van der Waals surface area contributed by atoms with Crippen molar-refractivity contribution in [2.45, 2.75) is 32.2 Å². The molecule has 0 fully saturated rings. The summed E-state index contributed by atoms with van der Waals surface area (Å²) in [7, 11) is 0. The average Bonchev–Trinajstić information content (AvgIpc) is 3.33. The second-order valence-electron chi connectivity index (χ2n) is 10.1. The average molecular weight is 580 g/mol. The Kier molecular flexibility index (Phi) is 9.46. The van der Waals surface area contributed by atoms with Gasteiger partial charge in [0.25, 0.3) is 0 Å². The molecule has 0 radical (unpaired) electrons. The van der Waals surface area contributed by atoms with Gasteiger partial charge < -0.3 is 19.8 Å². The van der Waals surface area contributed by atoms with Crippen molar-refractivity contribution in [1.29, 1.82) is 0 Å². The second kappa shape index (κ2) is 13.8. The first kappa shape index (κ1) is 28.8. The van der Waals surface area contributed by atoms with Crippen molar-refractivity contribution in [2.75, 3.05) is 6.61 Å². The molecule has 0 aliphatic rings. The van der Waals surface area contributed by atoms with E-state index in [9.17, 15) is 19.9 Å². The lowest BCUT2D eigenvalue weighted by atomic mass is 9.93. The van der Waals surface area contributed by atoms with Crippen molar-refractivity contribution < 1.29 is 19.8 Å². The van der Waals surface area contributed by atoms with Crippen molar-refractivity contribution in [1.82, 2.24) is 4.57 Å².